The molecule has 9 heteroatoms. The number of H-pyrrole nitrogens is 1. The van der Waals surface area contributed by atoms with Gasteiger partial charge in [0, 0.05) is 33.7 Å². The van der Waals surface area contributed by atoms with E-state index in [1.54, 1.807) is 18.2 Å². The van der Waals surface area contributed by atoms with E-state index in [2.05, 4.69) is 15.0 Å². The van der Waals surface area contributed by atoms with E-state index < -0.39 is 21.4 Å². The molecule has 7 nitrogen and oxygen atoms in total. The average molecular weight is 430 g/mol. The molecule has 1 fully saturated rings. The highest BCUT2D eigenvalue weighted by Crippen LogP contribution is 2.23. The molecule has 1 aliphatic carbocycles. The summed E-state index contributed by atoms with van der Waals surface area (Å²) in [6.07, 6.45) is 5.08. The van der Waals surface area contributed by atoms with Crippen LogP contribution in [0.2, 0.25) is 0 Å². The number of hydrogen-bond acceptors (Lipinski definition) is 5. The zero-order chi connectivity index (χ0) is 20.6. The first-order valence-electron chi connectivity index (χ1n) is 9.00. The van der Waals surface area contributed by atoms with Gasteiger partial charge in [0.1, 0.15) is 5.56 Å². The maximum Gasteiger partial charge on any atom is 0.261 e. The molecule has 0 bridgehead atoms. The third-order valence-electron chi connectivity index (χ3n) is 4.64. The summed E-state index contributed by atoms with van der Waals surface area (Å²) in [6.45, 7) is 0. The third-order valence-corrected chi connectivity index (χ3v) is 6.75. The Hall–Kier alpha value is -2.78. The van der Waals surface area contributed by atoms with Gasteiger partial charge in [-0.3, -0.25) is 14.3 Å². The Labute approximate surface area is 172 Å². The summed E-state index contributed by atoms with van der Waals surface area (Å²) >= 11 is 1.50. The number of thioether (sulfide) groups is 1. The van der Waals surface area contributed by atoms with Crippen molar-refractivity contribution in [3.63, 3.8) is 0 Å². The fourth-order valence-electron chi connectivity index (χ4n) is 2.92. The highest BCUT2D eigenvalue weighted by Gasteiger charge is 2.25. The Morgan fingerprint density at radius 2 is 1.97 bits per heavy atom. The molecule has 3 aromatic rings. The number of aromatic amines is 1. The molecular weight excluding hydrogens is 410 g/mol. The van der Waals surface area contributed by atoms with Crippen LogP contribution in [0.4, 0.5) is 5.69 Å². The third kappa shape index (κ3) is 4.15. The van der Waals surface area contributed by atoms with Gasteiger partial charge in [0.25, 0.3) is 15.9 Å². The van der Waals surface area contributed by atoms with Crippen molar-refractivity contribution in [3.05, 3.63) is 64.4 Å². The largest absolute Gasteiger partial charge is 0.360 e. The van der Waals surface area contributed by atoms with Gasteiger partial charge in [-0.05, 0) is 55.5 Å². The summed E-state index contributed by atoms with van der Waals surface area (Å²) in [6, 6.07) is 11.4. The molecule has 0 unspecified atom stereocenters. The molecule has 3 N–H and O–H groups in total. The van der Waals surface area contributed by atoms with E-state index in [0.717, 1.165) is 17.7 Å². The molecule has 0 spiro atoms. The summed E-state index contributed by atoms with van der Waals surface area (Å²) in [5, 5.41) is 2.92. The molecule has 0 saturated heterocycles. The number of carbonyl (C=O) groups excluding carboxylic acids is 1. The van der Waals surface area contributed by atoms with Crippen LogP contribution in [0.15, 0.2) is 63.2 Å². The number of amides is 1. The number of carbonyl (C=O) groups is 1. The van der Waals surface area contributed by atoms with Gasteiger partial charge in [0.05, 0.1) is 4.90 Å². The Kier molecular flexibility index (Phi) is 5.10. The number of pyridine rings is 1. The van der Waals surface area contributed by atoms with Crippen LogP contribution in [0.3, 0.4) is 0 Å². The van der Waals surface area contributed by atoms with Crippen molar-refractivity contribution in [2.24, 2.45) is 0 Å². The minimum Gasteiger partial charge on any atom is -0.360 e. The zero-order valence-electron chi connectivity index (χ0n) is 15.6. The second-order valence-electron chi connectivity index (χ2n) is 6.82. The maximum atomic E-state index is 12.8. The van der Waals surface area contributed by atoms with Crippen LogP contribution < -0.4 is 15.5 Å². The first-order valence-corrected chi connectivity index (χ1v) is 11.7. The number of fused-ring (bicyclic) bond motifs is 1. The lowest BCUT2D eigenvalue weighted by atomic mass is 10.1. The summed E-state index contributed by atoms with van der Waals surface area (Å²) in [4.78, 5) is 28.8. The number of rotatable bonds is 6. The van der Waals surface area contributed by atoms with E-state index in [9.17, 15) is 18.0 Å². The summed E-state index contributed by atoms with van der Waals surface area (Å²) in [7, 11) is -3.90. The van der Waals surface area contributed by atoms with Crippen LogP contribution in [-0.4, -0.2) is 31.6 Å². The minimum absolute atomic E-state index is 0.0282. The predicted octanol–water partition coefficient (Wildman–Crippen LogP) is 2.94. The number of hydrogen-bond donors (Lipinski definition) is 3. The maximum absolute atomic E-state index is 12.8. The fraction of sp³-hybridized carbons (Fsp3) is 0.200. The second-order valence-corrected chi connectivity index (χ2v) is 9.39. The van der Waals surface area contributed by atoms with Crippen molar-refractivity contribution in [1.82, 2.24) is 10.3 Å². The normalized spacial score (nSPS) is 14.0. The van der Waals surface area contributed by atoms with Crippen LogP contribution in [0.5, 0.6) is 0 Å². The molecule has 1 aliphatic rings. The molecule has 1 heterocycles. The SMILES string of the molecule is CSc1cccc(NS(=O)(=O)c2ccc3[nH]cc(C(=O)NC4CC4)c(=O)c3c2)c1. The van der Waals surface area contributed by atoms with Gasteiger partial charge in [-0.1, -0.05) is 6.07 Å². The summed E-state index contributed by atoms with van der Waals surface area (Å²) in [5.74, 6) is -0.448. The smallest absolute Gasteiger partial charge is 0.261 e. The van der Waals surface area contributed by atoms with Crippen LogP contribution in [-0.2, 0) is 10.0 Å². The zero-order valence-corrected chi connectivity index (χ0v) is 17.2. The first kappa shape index (κ1) is 19.5. The molecular formula is C20H19N3O4S2. The van der Waals surface area contributed by atoms with Crippen LogP contribution >= 0.6 is 11.8 Å². The van der Waals surface area contributed by atoms with E-state index >= 15 is 0 Å². The molecule has 1 aromatic heterocycles. The number of anilines is 1. The molecule has 0 atom stereocenters. The van der Waals surface area contributed by atoms with Crippen molar-refractivity contribution >= 4 is 44.3 Å². The Morgan fingerprint density at radius 3 is 2.69 bits per heavy atom. The van der Waals surface area contributed by atoms with Crippen LogP contribution in [0.1, 0.15) is 23.2 Å². The number of benzene rings is 2. The van der Waals surface area contributed by atoms with Crippen molar-refractivity contribution in [2.45, 2.75) is 28.7 Å². The van der Waals surface area contributed by atoms with E-state index in [1.165, 1.54) is 36.2 Å². The lowest BCUT2D eigenvalue weighted by Gasteiger charge is -2.10. The topological polar surface area (TPSA) is 108 Å². The Bertz CT molecular complexity index is 1260. The van der Waals surface area contributed by atoms with Gasteiger partial charge in [0.15, 0.2) is 0 Å². The van der Waals surface area contributed by atoms with Gasteiger partial charge in [-0.2, -0.15) is 0 Å². The first-order chi connectivity index (χ1) is 13.9. The Balaban J connectivity index is 1.70. The number of sulfonamides is 1. The Morgan fingerprint density at radius 1 is 1.17 bits per heavy atom. The van der Waals surface area contributed by atoms with Gasteiger partial charge < -0.3 is 10.3 Å². The van der Waals surface area contributed by atoms with E-state index in [4.69, 9.17) is 0 Å². The monoisotopic (exact) mass is 429 g/mol. The van der Waals surface area contributed by atoms with Crippen LogP contribution in [0, 0.1) is 0 Å². The van der Waals surface area contributed by atoms with Crippen molar-refractivity contribution < 1.29 is 13.2 Å². The van der Waals surface area contributed by atoms with Crippen molar-refractivity contribution in [2.75, 3.05) is 11.0 Å². The average Bonchev–Trinajstić information content (AvgIpc) is 3.51. The molecule has 29 heavy (non-hydrogen) atoms. The number of aromatic nitrogens is 1. The van der Waals surface area contributed by atoms with E-state index in [1.807, 2.05) is 12.3 Å². The van der Waals surface area contributed by atoms with Gasteiger partial charge >= 0.3 is 0 Å². The highest BCUT2D eigenvalue weighted by atomic mass is 32.2. The van der Waals surface area contributed by atoms with E-state index in [0.29, 0.717) is 11.2 Å². The van der Waals surface area contributed by atoms with Gasteiger partial charge in [-0.25, -0.2) is 8.42 Å². The summed E-state index contributed by atoms with van der Waals surface area (Å²) in [5.41, 5.74) is 0.364. The molecule has 0 aliphatic heterocycles. The molecule has 1 saturated carbocycles. The molecule has 0 radical (unpaired) electrons. The van der Waals surface area contributed by atoms with Crippen molar-refractivity contribution in [3.8, 4) is 0 Å². The highest BCUT2D eigenvalue weighted by molar-refractivity contribution is 7.98. The van der Waals surface area contributed by atoms with Gasteiger partial charge in [0.2, 0.25) is 5.43 Å². The molecule has 150 valence electrons. The number of nitrogens with one attached hydrogen (secondary N) is 3. The molecule has 4 rings (SSSR count). The van der Waals surface area contributed by atoms with Gasteiger partial charge in [-0.15, -0.1) is 11.8 Å². The molecule has 1 amide bonds. The fourth-order valence-corrected chi connectivity index (χ4v) is 4.46. The van der Waals surface area contributed by atoms with Crippen LogP contribution in [0.25, 0.3) is 10.9 Å². The quantitative estimate of drug-likeness (QED) is 0.522. The lowest BCUT2D eigenvalue weighted by molar-refractivity contribution is 0.0950. The lowest BCUT2D eigenvalue weighted by Crippen LogP contribution is -2.30. The minimum atomic E-state index is -3.90. The standard InChI is InChI=1S/C20H19N3O4S2/c1-28-14-4-2-3-13(9-14)23-29(26,27)15-7-8-18-16(10-15)19(24)17(11-21-18)20(25)22-12-5-6-12/h2-4,7-12,23H,5-6H2,1H3,(H,21,24)(H,22,25). The second kappa shape index (κ2) is 7.57. The van der Waals surface area contributed by atoms with E-state index in [-0.39, 0.29) is 21.9 Å². The predicted molar refractivity (Wildman–Crippen MR) is 114 cm³/mol. The van der Waals surface area contributed by atoms with Crippen molar-refractivity contribution in [1.29, 1.82) is 0 Å². The molecule has 2 aromatic carbocycles. The summed E-state index contributed by atoms with van der Waals surface area (Å²) < 4.78 is 28.2.